The zero-order valence-corrected chi connectivity index (χ0v) is 24.3. The topological polar surface area (TPSA) is 139 Å². The molecule has 0 spiro atoms. The predicted molar refractivity (Wildman–Crippen MR) is 145 cm³/mol. The van der Waals surface area contributed by atoms with E-state index in [9.17, 15) is 31.5 Å². The summed E-state index contributed by atoms with van der Waals surface area (Å²) in [5.74, 6) is -3.30. The zero-order valence-electron chi connectivity index (χ0n) is 24.3. The largest absolute Gasteiger partial charge is 0.416 e. The number of rotatable bonds is 12. The molecule has 0 radical (unpaired) electrons. The maximum absolute atomic E-state index is 14.2. The molecule has 3 aromatic rings. The summed E-state index contributed by atoms with van der Waals surface area (Å²) < 4.78 is 79.5. The van der Waals surface area contributed by atoms with Gasteiger partial charge in [-0.25, -0.2) is 18.6 Å². The third kappa shape index (κ3) is 7.09. The number of fused-ring (bicyclic) bond motifs is 1. The molecule has 1 unspecified atom stereocenters. The summed E-state index contributed by atoms with van der Waals surface area (Å²) >= 11 is 0. The van der Waals surface area contributed by atoms with E-state index in [0.29, 0.717) is 29.1 Å². The van der Waals surface area contributed by atoms with Crippen molar-refractivity contribution in [2.75, 3.05) is 33.4 Å². The van der Waals surface area contributed by atoms with Crippen LogP contribution in [0.5, 0.6) is 0 Å². The molecule has 0 bridgehead atoms. The van der Waals surface area contributed by atoms with Gasteiger partial charge in [0.15, 0.2) is 11.3 Å². The number of benzene rings is 1. The molecular formula is C27H33F5N8O4. The van der Waals surface area contributed by atoms with Crippen LogP contribution in [0.25, 0.3) is 11.0 Å². The van der Waals surface area contributed by atoms with E-state index in [0.717, 1.165) is 31.6 Å². The molecule has 17 heteroatoms. The fourth-order valence-electron chi connectivity index (χ4n) is 4.69. The van der Waals surface area contributed by atoms with Crippen molar-refractivity contribution in [2.24, 2.45) is 5.92 Å². The predicted octanol–water partition coefficient (Wildman–Crippen LogP) is 3.74. The third-order valence-electron chi connectivity index (χ3n) is 7.59. The summed E-state index contributed by atoms with van der Waals surface area (Å²) in [6.45, 7) is 0.0269. The minimum atomic E-state index is -4.69. The second-order valence-electron chi connectivity index (χ2n) is 11.6. The number of hydrogen-bond acceptors (Lipinski definition) is 7. The number of carbonyl (C=O) groups is 2. The van der Waals surface area contributed by atoms with Gasteiger partial charge in [0, 0.05) is 7.11 Å². The highest BCUT2D eigenvalue weighted by atomic mass is 19.4. The fourth-order valence-corrected chi connectivity index (χ4v) is 4.69. The first-order valence-corrected chi connectivity index (χ1v) is 14.0. The lowest BCUT2D eigenvalue weighted by molar-refractivity contribution is -0.265. The number of imidazole rings is 1. The highest BCUT2D eigenvalue weighted by Gasteiger charge is 2.49. The molecule has 5 rings (SSSR count). The Labute approximate surface area is 248 Å². The van der Waals surface area contributed by atoms with Crippen LogP contribution in [-0.4, -0.2) is 92.9 Å². The van der Waals surface area contributed by atoms with E-state index in [1.165, 1.54) is 18.1 Å². The first kappa shape index (κ1) is 31.6. The molecule has 1 aliphatic carbocycles. The molecule has 44 heavy (non-hydrogen) atoms. The van der Waals surface area contributed by atoms with Crippen LogP contribution >= 0.6 is 0 Å². The van der Waals surface area contributed by atoms with Crippen LogP contribution in [-0.2, 0) is 16.0 Å². The van der Waals surface area contributed by atoms with Crippen molar-refractivity contribution < 1.29 is 41.0 Å². The molecule has 1 saturated carbocycles. The average Bonchev–Trinajstić information content (AvgIpc) is 3.46. The summed E-state index contributed by atoms with van der Waals surface area (Å²) in [7, 11) is 1.38. The van der Waals surface area contributed by atoms with Crippen molar-refractivity contribution in [2.45, 2.75) is 63.0 Å². The molecule has 2 atom stereocenters. The number of nitrogens with zero attached hydrogens (tertiary/aromatic N) is 5. The molecule has 2 aromatic heterocycles. The van der Waals surface area contributed by atoms with E-state index in [1.807, 2.05) is 0 Å². The van der Waals surface area contributed by atoms with E-state index in [2.05, 4.69) is 30.8 Å². The summed E-state index contributed by atoms with van der Waals surface area (Å²) in [6, 6.07) is 2.01. The van der Waals surface area contributed by atoms with Crippen molar-refractivity contribution in [1.82, 2.24) is 40.5 Å². The van der Waals surface area contributed by atoms with Gasteiger partial charge in [-0.3, -0.25) is 4.79 Å². The molecule has 240 valence electrons. The van der Waals surface area contributed by atoms with Crippen LogP contribution in [0.1, 0.15) is 60.6 Å². The fraction of sp³-hybridized carbons (Fsp3) is 0.593. The summed E-state index contributed by atoms with van der Waals surface area (Å²) in [6.07, 6.45) is -1.31. The van der Waals surface area contributed by atoms with Crippen LogP contribution < -0.4 is 10.6 Å². The van der Waals surface area contributed by atoms with Crippen molar-refractivity contribution in [3.8, 4) is 0 Å². The third-order valence-corrected chi connectivity index (χ3v) is 7.59. The lowest BCUT2D eigenvalue weighted by Crippen LogP contribution is -2.58. The van der Waals surface area contributed by atoms with E-state index in [-0.39, 0.29) is 18.1 Å². The number of H-pyrrole nitrogens is 1. The average molecular weight is 629 g/mol. The zero-order chi connectivity index (χ0) is 31.9. The van der Waals surface area contributed by atoms with Crippen molar-refractivity contribution in [3.63, 3.8) is 0 Å². The van der Waals surface area contributed by atoms with Crippen molar-refractivity contribution in [3.05, 3.63) is 41.5 Å². The minimum Gasteiger partial charge on any atom is -0.382 e. The number of hydrogen-bond donors (Lipinski definition) is 3. The first-order chi connectivity index (χ1) is 20.7. The van der Waals surface area contributed by atoms with Crippen LogP contribution in [0.3, 0.4) is 0 Å². The van der Waals surface area contributed by atoms with Gasteiger partial charge in [0.05, 0.1) is 56.1 Å². The molecular weight excluding hydrogens is 595 g/mol. The van der Waals surface area contributed by atoms with Gasteiger partial charge >= 0.3 is 12.2 Å². The Kier molecular flexibility index (Phi) is 8.54. The molecule has 12 nitrogen and oxygen atoms in total. The van der Waals surface area contributed by atoms with E-state index in [1.54, 1.807) is 18.2 Å². The Morgan fingerprint density at radius 2 is 1.98 bits per heavy atom. The standard InChI is InChI=1S/C27H33F5N8O4/c1-25(2,27(30,31)32)44-11-20(37-23(41)19-9-34-40(38-19)10-15-4-5-15)22-35-17-7-6-16(8-18(17)36-22)21(12-43-3)39-14-26(28,29)13-33-24(39)42/h6-9,15,20-21H,4-5,10-14H2,1-3H3,(H,33,42)(H,35,36)(H,37,41)/t20?,21-/m1/s1. The Morgan fingerprint density at radius 1 is 1.23 bits per heavy atom. The lowest BCUT2D eigenvalue weighted by Gasteiger charge is -2.38. The van der Waals surface area contributed by atoms with Crippen LogP contribution in [0, 0.1) is 5.92 Å². The van der Waals surface area contributed by atoms with E-state index < -0.39 is 61.4 Å². The van der Waals surface area contributed by atoms with Gasteiger partial charge < -0.3 is 30.0 Å². The lowest BCUT2D eigenvalue weighted by atomic mass is 10.0. The van der Waals surface area contributed by atoms with Gasteiger partial charge in [-0.05, 0) is 50.3 Å². The number of amides is 3. The van der Waals surface area contributed by atoms with Gasteiger partial charge in [-0.15, -0.1) is 5.10 Å². The van der Waals surface area contributed by atoms with Crippen molar-refractivity contribution >= 4 is 23.0 Å². The highest BCUT2D eigenvalue weighted by Crippen LogP contribution is 2.34. The SMILES string of the molecule is COC[C@H](c1ccc2nc(C(COC(C)(C)C(F)(F)F)NC(=O)c3cnn(CC4CC4)n3)[nH]c2c1)N1CC(F)(F)CNC1=O. The Hall–Kier alpha value is -3.86. The highest BCUT2D eigenvalue weighted by molar-refractivity contribution is 5.92. The number of halogens is 5. The molecule has 1 aliphatic heterocycles. The number of nitrogens with one attached hydrogen (secondary N) is 3. The molecule has 3 amide bonds. The number of ether oxygens (including phenoxy) is 2. The van der Waals surface area contributed by atoms with Crippen LogP contribution in [0.2, 0.25) is 0 Å². The maximum atomic E-state index is 14.2. The molecule has 2 aliphatic rings. The normalized spacial score (nSPS) is 18.7. The number of aromatic nitrogens is 5. The van der Waals surface area contributed by atoms with Gasteiger partial charge in [0.2, 0.25) is 0 Å². The maximum Gasteiger partial charge on any atom is 0.416 e. The molecule has 3 N–H and O–H groups in total. The monoisotopic (exact) mass is 628 g/mol. The van der Waals surface area contributed by atoms with Gasteiger partial charge in [-0.2, -0.15) is 23.1 Å². The van der Waals surface area contributed by atoms with Gasteiger partial charge in [-0.1, -0.05) is 6.07 Å². The summed E-state index contributed by atoms with van der Waals surface area (Å²) in [5, 5.41) is 13.1. The second kappa shape index (κ2) is 11.9. The second-order valence-corrected chi connectivity index (χ2v) is 11.6. The van der Waals surface area contributed by atoms with Crippen molar-refractivity contribution in [1.29, 1.82) is 0 Å². The number of urea groups is 1. The van der Waals surface area contributed by atoms with Crippen LogP contribution in [0.4, 0.5) is 26.7 Å². The van der Waals surface area contributed by atoms with Gasteiger partial charge in [0.1, 0.15) is 11.9 Å². The number of aromatic amines is 1. The number of alkyl halides is 5. The first-order valence-electron chi connectivity index (χ1n) is 14.0. The van der Waals surface area contributed by atoms with E-state index in [4.69, 9.17) is 9.47 Å². The molecule has 1 saturated heterocycles. The summed E-state index contributed by atoms with van der Waals surface area (Å²) in [5.41, 5.74) is -1.36. The Balaban J connectivity index is 1.42. The Bertz CT molecular complexity index is 1500. The smallest absolute Gasteiger partial charge is 0.382 e. The molecule has 2 fully saturated rings. The summed E-state index contributed by atoms with van der Waals surface area (Å²) in [4.78, 5) is 35.4. The van der Waals surface area contributed by atoms with Gasteiger partial charge in [0.25, 0.3) is 11.8 Å². The minimum absolute atomic E-state index is 0.0249. The quantitative estimate of drug-likeness (QED) is 0.260. The van der Waals surface area contributed by atoms with Crippen LogP contribution in [0.15, 0.2) is 24.4 Å². The molecule has 1 aromatic carbocycles. The number of carbonyl (C=O) groups excluding carboxylic acids is 2. The molecule has 3 heterocycles. The van der Waals surface area contributed by atoms with E-state index >= 15 is 0 Å². The Morgan fingerprint density at radius 3 is 2.66 bits per heavy atom. The number of methoxy groups -OCH3 is 1.